The van der Waals surface area contributed by atoms with E-state index in [2.05, 4.69) is 49.8 Å². The number of para-hydroxylation sites is 1. The van der Waals surface area contributed by atoms with Crippen LogP contribution in [0.25, 0.3) is 10.9 Å². The van der Waals surface area contributed by atoms with Gasteiger partial charge in [-0.05, 0) is 56.1 Å². The molecule has 1 amide bonds. The van der Waals surface area contributed by atoms with Crippen LogP contribution in [0, 0.1) is 0 Å². The van der Waals surface area contributed by atoms with Gasteiger partial charge in [-0.25, -0.2) is 9.97 Å². The largest absolute Gasteiger partial charge is 0.384 e. The van der Waals surface area contributed by atoms with Crippen LogP contribution in [-0.4, -0.2) is 71.0 Å². The number of hydrogen-bond acceptors (Lipinski definition) is 6. The van der Waals surface area contributed by atoms with Gasteiger partial charge in [-0.15, -0.1) is 0 Å². The highest BCUT2D eigenvalue weighted by molar-refractivity contribution is 6.42. The van der Waals surface area contributed by atoms with Crippen LogP contribution in [-0.2, 0) is 10.2 Å². The smallest absolute Gasteiger partial charge is 0.241 e. The lowest BCUT2D eigenvalue weighted by Crippen LogP contribution is -2.49. The molecule has 9 heteroatoms. The molecule has 2 saturated heterocycles. The summed E-state index contributed by atoms with van der Waals surface area (Å²) < 4.78 is 0. The van der Waals surface area contributed by atoms with Crippen LogP contribution in [0.5, 0.6) is 0 Å². The van der Waals surface area contributed by atoms with Crippen molar-refractivity contribution in [3.05, 3.63) is 58.3 Å². The summed E-state index contributed by atoms with van der Waals surface area (Å²) in [6.45, 7) is 4.97. The van der Waals surface area contributed by atoms with E-state index in [1.54, 1.807) is 12.1 Å². The Morgan fingerprint density at radius 2 is 1.91 bits per heavy atom. The van der Waals surface area contributed by atoms with Gasteiger partial charge in [-0.2, -0.15) is 0 Å². The van der Waals surface area contributed by atoms with Crippen molar-refractivity contribution in [1.82, 2.24) is 19.8 Å². The fourth-order valence-electron chi connectivity index (χ4n) is 5.95. The van der Waals surface area contributed by atoms with Crippen molar-refractivity contribution in [2.75, 3.05) is 49.9 Å². The summed E-state index contributed by atoms with van der Waals surface area (Å²) in [6.07, 6.45) is 4.82. The first-order chi connectivity index (χ1) is 17.0. The fraction of sp³-hybridized carbons (Fsp3) is 0.423. The first-order valence-corrected chi connectivity index (χ1v) is 13.0. The average Bonchev–Trinajstić information content (AvgIpc) is 3.50. The second-order valence-electron chi connectivity index (χ2n) is 9.86. The highest BCUT2D eigenvalue weighted by Gasteiger charge is 2.43. The number of likely N-dealkylation sites (tertiary alicyclic amines) is 2. The summed E-state index contributed by atoms with van der Waals surface area (Å²) in [5.41, 5.74) is 3.73. The first-order valence-electron chi connectivity index (χ1n) is 12.2. The van der Waals surface area contributed by atoms with Crippen molar-refractivity contribution < 1.29 is 4.79 Å². The van der Waals surface area contributed by atoms with Gasteiger partial charge in [0.25, 0.3) is 0 Å². The maximum Gasteiger partial charge on any atom is 0.241 e. The van der Waals surface area contributed by atoms with E-state index in [0.717, 1.165) is 57.4 Å². The predicted molar refractivity (Wildman–Crippen MR) is 140 cm³/mol. The van der Waals surface area contributed by atoms with E-state index in [9.17, 15) is 4.79 Å². The van der Waals surface area contributed by atoms with Gasteiger partial charge in [0.2, 0.25) is 5.91 Å². The second kappa shape index (κ2) is 9.12. The first kappa shape index (κ1) is 22.8. The number of nitrogens with zero attached hydrogens (tertiary/aromatic N) is 4. The number of aromatic nitrogens is 2. The zero-order chi connectivity index (χ0) is 24.0. The lowest BCUT2D eigenvalue weighted by Gasteiger charge is -2.41. The SMILES string of the molecule is O=C(CNc1ncnc2cc(Cl)c(Cl)cc12)N1CCC(N2CCC3(CC2)CNc2ccccc23)C1. The number of nitrogens with one attached hydrogen (secondary N) is 2. The van der Waals surface area contributed by atoms with Gasteiger partial charge in [0.1, 0.15) is 12.1 Å². The molecule has 3 aromatic rings. The number of fused-ring (bicyclic) bond motifs is 3. The van der Waals surface area contributed by atoms with Gasteiger partial charge in [0, 0.05) is 42.2 Å². The number of amides is 1. The Morgan fingerprint density at radius 3 is 2.77 bits per heavy atom. The number of hydrogen-bond donors (Lipinski definition) is 2. The summed E-state index contributed by atoms with van der Waals surface area (Å²) in [7, 11) is 0. The van der Waals surface area contributed by atoms with E-state index in [4.69, 9.17) is 23.2 Å². The molecule has 35 heavy (non-hydrogen) atoms. The molecule has 2 fully saturated rings. The molecule has 182 valence electrons. The molecular formula is C26H28Cl2N6O. The highest BCUT2D eigenvalue weighted by atomic mass is 35.5. The van der Waals surface area contributed by atoms with E-state index in [1.807, 2.05) is 4.90 Å². The number of piperidine rings is 1. The number of halogens is 2. The molecule has 0 bridgehead atoms. The number of carbonyl (C=O) groups is 1. The van der Waals surface area contributed by atoms with Crippen molar-refractivity contribution in [1.29, 1.82) is 0 Å². The van der Waals surface area contributed by atoms with Crippen LogP contribution in [0.1, 0.15) is 24.8 Å². The third-order valence-corrected chi connectivity index (χ3v) is 8.71. The van der Waals surface area contributed by atoms with Gasteiger partial charge < -0.3 is 15.5 Å². The molecule has 1 unspecified atom stereocenters. The minimum absolute atomic E-state index is 0.0849. The molecular weight excluding hydrogens is 483 g/mol. The van der Waals surface area contributed by atoms with E-state index >= 15 is 0 Å². The van der Waals surface area contributed by atoms with Crippen molar-refractivity contribution in [2.45, 2.75) is 30.7 Å². The quantitative estimate of drug-likeness (QED) is 0.541. The molecule has 0 radical (unpaired) electrons. The highest BCUT2D eigenvalue weighted by Crippen LogP contribution is 2.44. The zero-order valence-electron chi connectivity index (χ0n) is 19.4. The predicted octanol–water partition coefficient (Wildman–Crippen LogP) is 4.41. The van der Waals surface area contributed by atoms with Crippen LogP contribution in [0.2, 0.25) is 10.0 Å². The summed E-state index contributed by atoms with van der Waals surface area (Å²) >= 11 is 12.3. The molecule has 3 aliphatic heterocycles. The lowest BCUT2D eigenvalue weighted by molar-refractivity contribution is -0.128. The Bertz CT molecular complexity index is 1280. The van der Waals surface area contributed by atoms with Gasteiger partial charge >= 0.3 is 0 Å². The molecule has 0 saturated carbocycles. The second-order valence-corrected chi connectivity index (χ2v) is 10.7. The topological polar surface area (TPSA) is 73.4 Å². The van der Waals surface area contributed by atoms with Gasteiger partial charge in [-0.1, -0.05) is 41.4 Å². The monoisotopic (exact) mass is 510 g/mol. The van der Waals surface area contributed by atoms with E-state index in [-0.39, 0.29) is 17.9 Å². The van der Waals surface area contributed by atoms with Crippen molar-refractivity contribution in [2.24, 2.45) is 0 Å². The van der Waals surface area contributed by atoms with E-state index in [0.29, 0.717) is 27.4 Å². The van der Waals surface area contributed by atoms with Gasteiger partial charge in [0.15, 0.2) is 0 Å². The third kappa shape index (κ3) is 4.20. The van der Waals surface area contributed by atoms with Crippen LogP contribution in [0.3, 0.4) is 0 Å². The Kier molecular flexibility index (Phi) is 5.95. The summed E-state index contributed by atoms with van der Waals surface area (Å²) in [4.78, 5) is 26.1. The molecule has 1 atom stereocenters. The van der Waals surface area contributed by atoms with Crippen LogP contribution < -0.4 is 10.6 Å². The number of carbonyl (C=O) groups excluding carboxylic acids is 1. The Hall–Kier alpha value is -2.61. The molecule has 3 aliphatic rings. The molecule has 1 aromatic heterocycles. The minimum atomic E-state index is 0.0849. The summed E-state index contributed by atoms with van der Waals surface area (Å²) in [6, 6.07) is 12.6. The lowest BCUT2D eigenvalue weighted by atomic mass is 9.74. The van der Waals surface area contributed by atoms with Crippen LogP contribution in [0.15, 0.2) is 42.7 Å². The summed E-state index contributed by atoms with van der Waals surface area (Å²) in [5, 5.41) is 8.42. The van der Waals surface area contributed by atoms with Crippen molar-refractivity contribution in [3.63, 3.8) is 0 Å². The zero-order valence-corrected chi connectivity index (χ0v) is 20.9. The Labute approximate surface area is 214 Å². The van der Waals surface area contributed by atoms with E-state index < -0.39 is 0 Å². The standard InChI is InChI=1S/C26H28Cl2N6O/c27-20-11-18-23(12-21(20)28)31-16-32-25(18)29-13-24(35)34-8-5-17(14-34)33-9-6-26(7-10-33)15-30-22-4-2-1-3-19(22)26/h1-4,11-12,16-17,30H,5-10,13-15H2,(H,29,31,32). The number of benzene rings is 2. The molecule has 4 heterocycles. The number of anilines is 2. The Balaban J connectivity index is 1.05. The maximum atomic E-state index is 13.0. The van der Waals surface area contributed by atoms with E-state index in [1.165, 1.54) is 17.6 Å². The normalized spacial score (nSPS) is 21.3. The minimum Gasteiger partial charge on any atom is -0.384 e. The third-order valence-electron chi connectivity index (χ3n) is 7.99. The average molecular weight is 511 g/mol. The molecule has 0 aliphatic carbocycles. The molecule has 2 N–H and O–H groups in total. The fourth-order valence-corrected chi connectivity index (χ4v) is 6.27. The maximum absolute atomic E-state index is 13.0. The number of rotatable bonds is 4. The van der Waals surface area contributed by atoms with Gasteiger partial charge in [-0.3, -0.25) is 9.69 Å². The molecule has 6 rings (SSSR count). The Morgan fingerprint density at radius 1 is 1.11 bits per heavy atom. The van der Waals surface area contributed by atoms with Crippen LogP contribution in [0.4, 0.5) is 11.5 Å². The van der Waals surface area contributed by atoms with Crippen molar-refractivity contribution in [3.8, 4) is 0 Å². The molecule has 7 nitrogen and oxygen atoms in total. The summed E-state index contributed by atoms with van der Waals surface area (Å²) in [5.74, 6) is 0.672. The van der Waals surface area contributed by atoms with Crippen molar-refractivity contribution >= 4 is 51.5 Å². The molecule has 2 aromatic carbocycles. The van der Waals surface area contributed by atoms with Gasteiger partial charge in [0.05, 0.1) is 22.1 Å². The van der Waals surface area contributed by atoms with Crippen LogP contribution >= 0.6 is 23.2 Å². The molecule has 1 spiro atoms.